The zero-order valence-electron chi connectivity index (χ0n) is 15.2. The van der Waals surface area contributed by atoms with Gasteiger partial charge in [-0.05, 0) is 50.4 Å². The minimum Gasteiger partial charge on any atom is -0.465 e. The summed E-state index contributed by atoms with van der Waals surface area (Å²) in [7, 11) is 0. The Morgan fingerprint density at radius 3 is 2.44 bits per heavy atom. The van der Waals surface area contributed by atoms with Crippen molar-refractivity contribution < 1.29 is 14.7 Å². The maximum absolute atomic E-state index is 12.3. The molecule has 140 valence electrons. The van der Waals surface area contributed by atoms with Crippen molar-refractivity contribution in [2.45, 2.75) is 69.9 Å². The lowest BCUT2D eigenvalue weighted by Crippen LogP contribution is -2.56. The van der Waals surface area contributed by atoms with E-state index in [9.17, 15) is 9.59 Å². The molecule has 6 heteroatoms. The van der Waals surface area contributed by atoms with E-state index < -0.39 is 6.09 Å². The van der Waals surface area contributed by atoms with Gasteiger partial charge in [0.25, 0.3) is 0 Å². The molecule has 1 aliphatic carbocycles. The monoisotopic (exact) mass is 349 g/mol. The standard InChI is InChI=1S/C19H31N3O3/c23-17-4-2-1-3-8-22(17)15-5-9-20(10-6-15)16-12-19(13-16)7-11-21(14-19)18(24)25/h15-16H,1-14H2,(H,24,25). The molecule has 1 spiro atoms. The number of carbonyl (C=O) groups is 2. The maximum Gasteiger partial charge on any atom is 0.407 e. The van der Waals surface area contributed by atoms with E-state index in [4.69, 9.17) is 5.11 Å². The zero-order chi connectivity index (χ0) is 17.4. The molecular formula is C19H31N3O3. The number of carbonyl (C=O) groups excluding carboxylic acids is 1. The molecule has 0 atom stereocenters. The third-order valence-electron chi connectivity index (χ3n) is 7.11. The average Bonchev–Trinajstić information content (AvgIpc) is 2.92. The summed E-state index contributed by atoms with van der Waals surface area (Å²) >= 11 is 0. The number of piperidine rings is 1. The number of hydrogen-bond acceptors (Lipinski definition) is 3. The molecule has 3 heterocycles. The van der Waals surface area contributed by atoms with Crippen molar-refractivity contribution in [3.05, 3.63) is 0 Å². The van der Waals surface area contributed by atoms with Crippen LogP contribution in [0.1, 0.15) is 57.8 Å². The molecule has 6 nitrogen and oxygen atoms in total. The number of hydrogen-bond donors (Lipinski definition) is 1. The Morgan fingerprint density at radius 2 is 1.76 bits per heavy atom. The minimum atomic E-state index is -0.761. The molecule has 4 fully saturated rings. The van der Waals surface area contributed by atoms with Gasteiger partial charge in [-0.15, -0.1) is 0 Å². The topological polar surface area (TPSA) is 64.1 Å². The van der Waals surface area contributed by atoms with Crippen molar-refractivity contribution in [2.24, 2.45) is 5.41 Å². The predicted molar refractivity (Wildman–Crippen MR) is 94.4 cm³/mol. The van der Waals surface area contributed by atoms with Crippen LogP contribution in [0.2, 0.25) is 0 Å². The summed E-state index contributed by atoms with van der Waals surface area (Å²) in [6.07, 6.45) is 8.96. The first-order valence-electron chi connectivity index (χ1n) is 10.1. The van der Waals surface area contributed by atoms with Gasteiger partial charge in [0, 0.05) is 51.2 Å². The molecule has 0 unspecified atom stereocenters. The number of carboxylic acid groups (broad SMARTS) is 1. The lowest BCUT2D eigenvalue weighted by atomic mass is 9.64. The van der Waals surface area contributed by atoms with E-state index in [0.717, 1.165) is 77.5 Å². The van der Waals surface area contributed by atoms with Crippen molar-refractivity contribution in [2.75, 3.05) is 32.7 Å². The molecule has 0 aromatic rings. The number of nitrogens with zero attached hydrogens (tertiary/aromatic N) is 3. The summed E-state index contributed by atoms with van der Waals surface area (Å²) in [5.41, 5.74) is 0.265. The summed E-state index contributed by atoms with van der Waals surface area (Å²) in [6, 6.07) is 1.08. The van der Waals surface area contributed by atoms with E-state index in [1.807, 2.05) is 0 Å². The first-order chi connectivity index (χ1) is 12.1. The Kier molecular flexibility index (Phi) is 4.65. The van der Waals surface area contributed by atoms with Crippen LogP contribution in [-0.4, -0.2) is 76.6 Å². The molecule has 25 heavy (non-hydrogen) atoms. The Balaban J connectivity index is 1.25. The van der Waals surface area contributed by atoms with Crippen LogP contribution in [0.4, 0.5) is 4.79 Å². The van der Waals surface area contributed by atoms with Gasteiger partial charge in [-0.25, -0.2) is 4.79 Å². The highest BCUT2D eigenvalue weighted by molar-refractivity contribution is 5.76. The Hall–Kier alpha value is -1.30. The Bertz CT molecular complexity index is 524. The molecule has 0 bridgehead atoms. The Morgan fingerprint density at radius 1 is 1.00 bits per heavy atom. The fraction of sp³-hybridized carbons (Fsp3) is 0.895. The van der Waals surface area contributed by atoms with Gasteiger partial charge in [0.05, 0.1) is 0 Å². The maximum atomic E-state index is 12.3. The molecule has 4 rings (SSSR count). The third kappa shape index (κ3) is 3.37. The lowest BCUT2D eigenvalue weighted by molar-refractivity contribution is -0.134. The van der Waals surface area contributed by atoms with Gasteiger partial charge in [-0.2, -0.15) is 0 Å². The third-order valence-corrected chi connectivity index (χ3v) is 7.11. The van der Waals surface area contributed by atoms with Gasteiger partial charge in [0.2, 0.25) is 5.91 Å². The van der Waals surface area contributed by atoms with Crippen LogP contribution in [0, 0.1) is 5.41 Å². The van der Waals surface area contributed by atoms with Gasteiger partial charge in [-0.3, -0.25) is 4.79 Å². The quantitative estimate of drug-likeness (QED) is 0.831. The van der Waals surface area contributed by atoms with E-state index in [1.165, 1.54) is 6.42 Å². The van der Waals surface area contributed by atoms with Crippen LogP contribution >= 0.6 is 0 Å². The molecule has 3 saturated heterocycles. The lowest BCUT2D eigenvalue weighted by Gasteiger charge is -2.52. The summed E-state index contributed by atoms with van der Waals surface area (Å²) in [5.74, 6) is 0.373. The predicted octanol–water partition coefficient (Wildman–Crippen LogP) is 2.39. The second-order valence-corrected chi connectivity index (χ2v) is 8.68. The molecule has 3 aliphatic heterocycles. The van der Waals surface area contributed by atoms with Crippen molar-refractivity contribution in [1.82, 2.24) is 14.7 Å². The molecule has 1 N–H and O–H groups in total. The smallest absolute Gasteiger partial charge is 0.407 e. The van der Waals surface area contributed by atoms with E-state index >= 15 is 0 Å². The molecule has 1 saturated carbocycles. The molecule has 0 aromatic carbocycles. The number of likely N-dealkylation sites (tertiary alicyclic amines) is 3. The van der Waals surface area contributed by atoms with Crippen molar-refractivity contribution in [1.29, 1.82) is 0 Å². The van der Waals surface area contributed by atoms with Crippen LogP contribution in [0.5, 0.6) is 0 Å². The van der Waals surface area contributed by atoms with Crippen LogP contribution in [0.3, 0.4) is 0 Å². The van der Waals surface area contributed by atoms with E-state index in [2.05, 4.69) is 9.80 Å². The van der Waals surface area contributed by atoms with E-state index in [-0.39, 0.29) is 5.41 Å². The highest BCUT2D eigenvalue weighted by Gasteiger charge is 2.51. The largest absolute Gasteiger partial charge is 0.465 e. The van der Waals surface area contributed by atoms with Crippen LogP contribution < -0.4 is 0 Å². The fourth-order valence-corrected chi connectivity index (χ4v) is 5.58. The van der Waals surface area contributed by atoms with Crippen LogP contribution in [-0.2, 0) is 4.79 Å². The van der Waals surface area contributed by atoms with Gasteiger partial charge in [-0.1, -0.05) is 6.42 Å². The summed E-state index contributed by atoms with van der Waals surface area (Å²) in [4.78, 5) is 29.8. The zero-order valence-corrected chi connectivity index (χ0v) is 15.2. The summed E-state index contributed by atoms with van der Waals surface area (Å²) < 4.78 is 0. The molecule has 0 aromatic heterocycles. The highest BCUT2D eigenvalue weighted by Crippen LogP contribution is 2.50. The van der Waals surface area contributed by atoms with E-state index in [1.54, 1.807) is 4.90 Å². The van der Waals surface area contributed by atoms with E-state index in [0.29, 0.717) is 24.5 Å². The first-order valence-corrected chi connectivity index (χ1v) is 10.1. The number of rotatable bonds is 2. The minimum absolute atomic E-state index is 0.265. The highest BCUT2D eigenvalue weighted by atomic mass is 16.4. The average molecular weight is 349 g/mol. The van der Waals surface area contributed by atoms with Crippen LogP contribution in [0.25, 0.3) is 0 Å². The van der Waals surface area contributed by atoms with Gasteiger partial charge in [0.1, 0.15) is 0 Å². The van der Waals surface area contributed by atoms with Gasteiger partial charge >= 0.3 is 6.09 Å². The number of amides is 2. The first kappa shape index (κ1) is 17.1. The summed E-state index contributed by atoms with van der Waals surface area (Å²) in [6.45, 7) is 4.59. The van der Waals surface area contributed by atoms with Crippen molar-refractivity contribution in [3.8, 4) is 0 Å². The molecule has 0 radical (unpaired) electrons. The van der Waals surface area contributed by atoms with Crippen molar-refractivity contribution in [3.63, 3.8) is 0 Å². The second kappa shape index (κ2) is 6.78. The molecule has 4 aliphatic rings. The Labute approximate surface area is 150 Å². The fourth-order valence-electron chi connectivity index (χ4n) is 5.58. The van der Waals surface area contributed by atoms with Crippen LogP contribution in [0.15, 0.2) is 0 Å². The molecular weight excluding hydrogens is 318 g/mol. The SMILES string of the molecule is O=C(O)N1CCC2(CC(N3CCC(N4CCCCCC4=O)CC3)C2)C1. The summed E-state index contributed by atoms with van der Waals surface area (Å²) in [5, 5.41) is 9.16. The van der Waals surface area contributed by atoms with Gasteiger partial charge < -0.3 is 19.8 Å². The second-order valence-electron chi connectivity index (χ2n) is 8.68. The van der Waals surface area contributed by atoms with Gasteiger partial charge in [0.15, 0.2) is 0 Å². The molecule has 2 amide bonds. The van der Waals surface area contributed by atoms with Crippen molar-refractivity contribution >= 4 is 12.0 Å². The normalized spacial score (nSPS) is 35.0.